The Labute approximate surface area is 123 Å². The first kappa shape index (κ1) is 15.3. The number of methoxy groups -OCH3 is 1. The second-order valence-electron chi connectivity index (χ2n) is 5.25. The van der Waals surface area contributed by atoms with Crippen LogP contribution in [0.3, 0.4) is 0 Å². The summed E-state index contributed by atoms with van der Waals surface area (Å²) in [6.07, 6.45) is 2.00. The molecule has 1 aliphatic carbocycles. The van der Waals surface area contributed by atoms with Gasteiger partial charge in [0.05, 0.1) is 11.7 Å². The topological polar surface area (TPSA) is 78.9 Å². The Balaban J connectivity index is 1.79. The Morgan fingerprint density at radius 3 is 2.48 bits per heavy atom. The Kier molecular flexibility index (Phi) is 4.80. The highest BCUT2D eigenvalue weighted by atomic mass is 16.5. The van der Waals surface area contributed by atoms with E-state index in [4.69, 9.17) is 9.84 Å². The van der Waals surface area contributed by atoms with Gasteiger partial charge in [-0.15, -0.1) is 0 Å². The third kappa shape index (κ3) is 3.72. The van der Waals surface area contributed by atoms with Gasteiger partial charge >= 0.3 is 12.0 Å². The predicted octanol–water partition coefficient (Wildman–Crippen LogP) is 1.70. The lowest BCUT2D eigenvalue weighted by Gasteiger charge is -2.40. The van der Waals surface area contributed by atoms with E-state index in [9.17, 15) is 9.59 Å². The average molecular weight is 292 g/mol. The summed E-state index contributed by atoms with van der Waals surface area (Å²) in [5, 5.41) is 11.6. The number of carboxylic acid groups (broad SMARTS) is 1. The normalized spacial score (nSPS) is 20.5. The molecule has 6 heteroatoms. The van der Waals surface area contributed by atoms with Gasteiger partial charge in [0.2, 0.25) is 0 Å². The molecule has 0 aromatic heterocycles. The van der Waals surface area contributed by atoms with Gasteiger partial charge < -0.3 is 20.1 Å². The van der Waals surface area contributed by atoms with Gasteiger partial charge in [-0.25, -0.2) is 9.59 Å². The Hall–Kier alpha value is -2.08. The molecule has 1 aromatic carbocycles. The molecule has 2 N–H and O–H groups in total. The molecule has 2 rings (SSSR count). The number of hydrogen-bond donors (Lipinski definition) is 2. The van der Waals surface area contributed by atoms with Crippen LogP contribution in [0.15, 0.2) is 24.3 Å². The van der Waals surface area contributed by atoms with Crippen molar-refractivity contribution in [2.24, 2.45) is 0 Å². The van der Waals surface area contributed by atoms with Gasteiger partial charge in [-0.2, -0.15) is 0 Å². The van der Waals surface area contributed by atoms with Gasteiger partial charge in [0.25, 0.3) is 0 Å². The number of urea groups is 1. The van der Waals surface area contributed by atoms with Crippen molar-refractivity contribution in [2.45, 2.75) is 31.5 Å². The van der Waals surface area contributed by atoms with Crippen LogP contribution in [0.5, 0.6) is 0 Å². The number of nitrogens with zero attached hydrogens (tertiary/aromatic N) is 1. The molecular weight excluding hydrogens is 272 g/mol. The van der Waals surface area contributed by atoms with Crippen molar-refractivity contribution in [1.82, 2.24) is 10.2 Å². The predicted molar refractivity (Wildman–Crippen MR) is 77.2 cm³/mol. The molecule has 0 atom stereocenters. The van der Waals surface area contributed by atoms with Crippen LogP contribution in [0.4, 0.5) is 4.79 Å². The third-order valence-corrected chi connectivity index (χ3v) is 3.92. The molecule has 2 amide bonds. The summed E-state index contributed by atoms with van der Waals surface area (Å²) >= 11 is 0. The summed E-state index contributed by atoms with van der Waals surface area (Å²) in [5.41, 5.74) is 1.10. The molecular formula is C15H20N2O4. The molecule has 1 aliphatic rings. The largest absolute Gasteiger partial charge is 0.478 e. The molecule has 1 aromatic rings. The molecule has 21 heavy (non-hydrogen) atoms. The molecule has 0 bridgehead atoms. The van der Waals surface area contributed by atoms with Crippen LogP contribution >= 0.6 is 0 Å². The highest BCUT2D eigenvalue weighted by molar-refractivity contribution is 5.87. The SMILES string of the molecule is COC1CC(N(C)C(=O)NCc2ccc(C(=O)O)cc2)C1. The summed E-state index contributed by atoms with van der Waals surface area (Å²) in [5.74, 6) is -0.956. The quantitative estimate of drug-likeness (QED) is 0.866. The number of rotatable bonds is 5. The maximum atomic E-state index is 12.0. The smallest absolute Gasteiger partial charge is 0.335 e. The summed E-state index contributed by atoms with van der Waals surface area (Å²) in [7, 11) is 3.46. The minimum Gasteiger partial charge on any atom is -0.478 e. The van der Waals surface area contributed by atoms with Crippen molar-refractivity contribution in [1.29, 1.82) is 0 Å². The number of amides is 2. The number of carbonyl (C=O) groups excluding carboxylic acids is 1. The molecule has 6 nitrogen and oxygen atoms in total. The molecule has 0 unspecified atom stereocenters. The van der Waals surface area contributed by atoms with Crippen LogP contribution in [0, 0.1) is 0 Å². The van der Waals surface area contributed by atoms with Gasteiger partial charge in [-0.1, -0.05) is 12.1 Å². The van der Waals surface area contributed by atoms with Crippen molar-refractivity contribution in [3.8, 4) is 0 Å². The number of carbonyl (C=O) groups is 2. The number of benzene rings is 1. The van der Waals surface area contributed by atoms with Crippen LogP contribution in [-0.4, -0.2) is 48.3 Å². The van der Waals surface area contributed by atoms with Gasteiger partial charge in [0.15, 0.2) is 0 Å². The summed E-state index contributed by atoms with van der Waals surface area (Å²) in [6, 6.07) is 6.56. The monoisotopic (exact) mass is 292 g/mol. The van der Waals surface area contributed by atoms with E-state index in [0.717, 1.165) is 18.4 Å². The highest BCUT2D eigenvalue weighted by Gasteiger charge is 2.34. The molecule has 0 aliphatic heterocycles. The first-order chi connectivity index (χ1) is 10.0. The van der Waals surface area contributed by atoms with Gasteiger partial charge in [0.1, 0.15) is 0 Å². The second-order valence-corrected chi connectivity index (χ2v) is 5.25. The van der Waals surface area contributed by atoms with E-state index in [1.807, 2.05) is 0 Å². The van der Waals surface area contributed by atoms with Crippen LogP contribution in [0.2, 0.25) is 0 Å². The van der Waals surface area contributed by atoms with E-state index in [0.29, 0.717) is 6.54 Å². The molecule has 0 saturated heterocycles. The standard InChI is InChI=1S/C15H20N2O4/c1-17(12-7-13(8-12)21-2)15(20)16-9-10-3-5-11(6-4-10)14(18)19/h3-6,12-13H,7-9H2,1-2H3,(H,16,20)(H,18,19). The molecule has 0 heterocycles. The van der Waals surface area contributed by atoms with Crippen LogP contribution in [0.1, 0.15) is 28.8 Å². The maximum Gasteiger partial charge on any atom is 0.335 e. The van der Waals surface area contributed by atoms with Crippen molar-refractivity contribution in [2.75, 3.05) is 14.2 Å². The number of carboxylic acids is 1. The highest BCUT2D eigenvalue weighted by Crippen LogP contribution is 2.26. The molecule has 0 spiro atoms. The fraction of sp³-hybridized carbons (Fsp3) is 0.467. The zero-order valence-electron chi connectivity index (χ0n) is 12.2. The van der Waals surface area contributed by atoms with Crippen LogP contribution in [0.25, 0.3) is 0 Å². The summed E-state index contributed by atoms with van der Waals surface area (Å²) < 4.78 is 5.20. The lowest BCUT2D eigenvalue weighted by Crippen LogP contribution is -2.51. The minimum absolute atomic E-state index is 0.128. The molecule has 1 saturated carbocycles. The van der Waals surface area contributed by atoms with E-state index < -0.39 is 5.97 Å². The van der Waals surface area contributed by atoms with Gasteiger partial charge in [-0.05, 0) is 30.5 Å². The fourth-order valence-electron chi connectivity index (χ4n) is 2.28. The van der Waals surface area contributed by atoms with Crippen molar-refractivity contribution in [3.63, 3.8) is 0 Å². The van der Waals surface area contributed by atoms with Crippen molar-refractivity contribution < 1.29 is 19.4 Å². The Morgan fingerprint density at radius 2 is 1.95 bits per heavy atom. The minimum atomic E-state index is -0.956. The molecule has 0 radical (unpaired) electrons. The zero-order valence-corrected chi connectivity index (χ0v) is 12.2. The third-order valence-electron chi connectivity index (χ3n) is 3.92. The van der Waals surface area contributed by atoms with Crippen LogP contribution < -0.4 is 5.32 Å². The Morgan fingerprint density at radius 1 is 1.33 bits per heavy atom. The van der Waals surface area contributed by atoms with E-state index in [2.05, 4.69) is 5.32 Å². The molecule has 114 valence electrons. The van der Waals surface area contributed by atoms with Gasteiger partial charge in [-0.3, -0.25) is 0 Å². The number of nitrogens with one attached hydrogen (secondary N) is 1. The Bertz CT molecular complexity index is 509. The van der Waals surface area contributed by atoms with E-state index in [1.54, 1.807) is 31.2 Å². The van der Waals surface area contributed by atoms with Crippen LogP contribution in [-0.2, 0) is 11.3 Å². The number of hydrogen-bond acceptors (Lipinski definition) is 3. The first-order valence-electron chi connectivity index (χ1n) is 6.87. The average Bonchev–Trinajstić information content (AvgIpc) is 2.43. The van der Waals surface area contributed by atoms with E-state index in [-0.39, 0.29) is 23.7 Å². The van der Waals surface area contributed by atoms with Gasteiger partial charge in [0, 0.05) is 26.7 Å². The lowest BCUT2D eigenvalue weighted by atomic mass is 9.88. The fourth-order valence-corrected chi connectivity index (χ4v) is 2.28. The first-order valence-corrected chi connectivity index (χ1v) is 6.87. The summed E-state index contributed by atoms with van der Waals surface area (Å²) in [4.78, 5) is 24.4. The number of aromatic carboxylic acids is 1. The van der Waals surface area contributed by atoms with E-state index >= 15 is 0 Å². The van der Waals surface area contributed by atoms with Crippen molar-refractivity contribution in [3.05, 3.63) is 35.4 Å². The van der Waals surface area contributed by atoms with Crippen molar-refractivity contribution >= 4 is 12.0 Å². The lowest BCUT2D eigenvalue weighted by molar-refractivity contribution is -0.00849. The number of ether oxygens (including phenoxy) is 1. The maximum absolute atomic E-state index is 12.0. The zero-order chi connectivity index (χ0) is 15.4. The molecule has 1 fully saturated rings. The summed E-state index contributed by atoms with van der Waals surface area (Å²) in [6.45, 7) is 0.378. The second kappa shape index (κ2) is 6.58. The van der Waals surface area contributed by atoms with E-state index in [1.165, 1.54) is 12.1 Å².